The van der Waals surface area contributed by atoms with E-state index >= 15 is 0 Å². The fourth-order valence-corrected chi connectivity index (χ4v) is 2.34. The molecule has 0 radical (unpaired) electrons. The molecule has 1 fully saturated rings. The number of nitrogens with zero attached hydrogens (tertiary/aromatic N) is 1. The van der Waals surface area contributed by atoms with Gasteiger partial charge in [0.05, 0.1) is 11.6 Å². The van der Waals surface area contributed by atoms with Gasteiger partial charge in [-0.3, -0.25) is 4.90 Å². The zero-order valence-electron chi connectivity index (χ0n) is 11.4. The molecule has 0 amide bonds. The van der Waals surface area contributed by atoms with Crippen LogP contribution in [0.3, 0.4) is 0 Å². The molecule has 1 heterocycles. The number of hydrogen-bond donors (Lipinski definition) is 1. The topological polar surface area (TPSA) is 57.0 Å². The van der Waals surface area contributed by atoms with Gasteiger partial charge >= 0.3 is 0 Å². The van der Waals surface area contributed by atoms with E-state index in [4.69, 9.17) is 19.9 Å². The van der Waals surface area contributed by atoms with Crippen LogP contribution in [-0.2, 0) is 14.2 Å². The SMILES string of the molecule is COC(OC)C(C)(CN)N(C)CC1CCCO1. The minimum absolute atomic E-state index is 0.306. The van der Waals surface area contributed by atoms with Gasteiger partial charge in [-0.25, -0.2) is 0 Å². The summed E-state index contributed by atoms with van der Waals surface area (Å²) in [6.45, 7) is 4.26. The first-order valence-corrected chi connectivity index (χ1v) is 6.17. The molecule has 2 N–H and O–H groups in total. The van der Waals surface area contributed by atoms with Crippen molar-refractivity contribution in [2.75, 3.05) is 41.0 Å². The van der Waals surface area contributed by atoms with E-state index in [9.17, 15) is 0 Å². The van der Waals surface area contributed by atoms with Crippen molar-refractivity contribution in [1.29, 1.82) is 0 Å². The largest absolute Gasteiger partial charge is 0.377 e. The molecular weight excluding hydrogens is 220 g/mol. The summed E-state index contributed by atoms with van der Waals surface area (Å²) in [5.74, 6) is 0. The minimum Gasteiger partial charge on any atom is -0.377 e. The van der Waals surface area contributed by atoms with Gasteiger partial charge in [0.2, 0.25) is 0 Å². The van der Waals surface area contributed by atoms with Crippen molar-refractivity contribution in [2.45, 2.75) is 37.7 Å². The predicted octanol–water partition coefficient (Wildman–Crippen LogP) is 0.434. The molecule has 2 atom stereocenters. The number of rotatable bonds is 7. The van der Waals surface area contributed by atoms with Gasteiger partial charge in [0.1, 0.15) is 0 Å². The molecule has 0 aromatic heterocycles. The highest BCUT2D eigenvalue weighted by atomic mass is 16.7. The Morgan fingerprint density at radius 3 is 2.53 bits per heavy atom. The summed E-state index contributed by atoms with van der Waals surface area (Å²) in [7, 11) is 5.32. The van der Waals surface area contributed by atoms with E-state index in [0.717, 1.165) is 26.0 Å². The zero-order valence-corrected chi connectivity index (χ0v) is 11.4. The number of hydrogen-bond acceptors (Lipinski definition) is 5. The van der Waals surface area contributed by atoms with Crippen molar-refractivity contribution in [2.24, 2.45) is 5.73 Å². The first-order chi connectivity index (χ1) is 8.08. The van der Waals surface area contributed by atoms with Crippen LogP contribution in [0.15, 0.2) is 0 Å². The zero-order chi connectivity index (χ0) is 12.9. The number of nitrogens with two attached hydrogens (primary N) is 1. The highest BCUT2D eigenvalue weighted by Crippen LogP contribution is 2.23. The molecule has 17 heavy (non-hydrogen) atoms. The molecule has 0 aliphatic carbocycles. The maximum atomic E-state index is 5.89. The van der Waals surface area contributed by atoms with Crippen LogP contribution in [0.1, 0.15) is 19.8 Å². The summed E-state index contributed by atoms with van der Waals surface area (Å²) < 4.78 is 16.4. The smallest absolute Gasteiger partial charge is 0.176 e. The van der Waals surface area contributed by atoms with Crippen LogP contribution in [0.25, 0.3) is 0 Å². The summed E-state index contributed by atoms with van der Waals surface area (Å²) in [4.78, 5) is 2.18. The number of ether oxygens (including phenoxy) is 3. The molecule has 0 bridgehead atoms. The summed E-state index contributed by atoms with van der Waals surface area (Å²) in [5.41, 5.74) is 5.55. The van der Waals surface area contributed by atoms with Crippen LogP contribution >= 0.6 is 0 Å². The van der Waals surface area contributed by atoms with Gasteiger partial charge in [-0.15, -0.1) is 0 Å². The van der Waals surface area contributed by atoms with Gasteiger partial charge < -0.3 is 19.9 Å². The number of likely N-dealkylation sites (N-methyl/N-ethyl adjacent to an activating group) is 1. The quantitative estimate of drug-likeness (QED) is 0.660. The molecule has 1 aliphatic rings. The second-order valence-corrected chi connectivity index (χ2v) is 4.88. The van der Waals surface area contributed by atoms with Gasteiger partial charge in [0.25, 0.3) is 0 Å². The molecule has 2 unspecified atom stereocenters. The van der Waals surface area contributed by atoms with Crippen LogP contribution in [0.4, 0.5) is 0 Å². The Morgan fingerprint density at radius 1 is 1.47 bits per heavy atom. The van der Waals surface area contributed by atoms with Gasteiger partial charge in [-0.2, -0.15) is 0 Å². The minimum atomic E-state index is -0.338. The molecular formula is C12H26N2O3. The predicted molar refractivity (Wildman–Crippen MR) is 66.9 cm³/mol. The van der Waals surface area contributed by atoms with E-state index < -0.39 is 0 Å². The Morgan fingerprint density at radius 2 is 2.12 bits per heavy atom. The molecule has 1 saturated heterocycles. The van der Waals surface area contributed by atoms with E-state index in [1.165, 1.54) is 0 Å². The molecule has 0 aromatic rings. The third-order valence-electron chi connectivity index (χ3n) is 3.72. The molecule has 0 spiro atoms. The Hall–Kier alpha value is -0.200. The van der Waals surface area contributed by atoms with Crippen molar-refractivity contribution in [3.05, 3.63) is 0 Å². The van der Waals surface area contributed by atoms with Crippen molar-refractivity contribution in [3.8, 4) is 0 Å². The number of methoxy groups -OCH3 is 2. The average molecular weight is 246 g/mol. The standard InChI is InChI=1S/C12H26N2O3/c1-12(9-13,11(15-3)16-4)14(2)8-10-6-5-7-17-10/h10-11H,5-9,13H2,1-4H3. The summed E-state index contributed by atoms with van der Waals surface area (Å²) in [6, 6.07) is 0. The lowest BCUT2D eigenvalue weighted by Gasteiger charge is -2.43. The van der Waals surface area contributed by atoms with Crippen LogP contribution in [0.5, 0.6) is 0 Å². The average Bonchev–Trinajstić information content (AvgIpc) is 2.82. The molecule has 5 heteroatoms. The van der Waals surface area contributed by atoms with Crippen molar-refractivity contribution in [3.63, 3.8) is 0 Å². The van der Waals surface area contributed by atoms with Crippen LogP contribution in [-0.4, -0.2) is 63.8 Å². The molecule has 0 saturated carbocycles. The third-order valence-corrected chi connectivity index (χ3v) is 3.72. The van der Waals surface area contributed by atoms with E-state index in [2.05, 4.69) is 11.8 Å². The third kappa shape index (κ3) is 3.39. The molecule has 5 nitrogen and oxygen atoms in total. The van der Waals surface area contributed by atoms with Crippen molar-refractivity contribution >= 4 is 0 Å². The van der Waals surface area contributed by atoms with Gasteiger partial charge in [0, 0.05) is 33.9 Å². The molecule has 1 rings (SSSR count). The van der Waals surface area contributed by atoms with Crippen molar-refractivity contribution < 1.29 is 14.2 Å². The lowest BCUT2D eigenvalue weighted by Crippen LogP contribution is -2.60. The van der Waals surface area contributed by atoms with Crippen LogP contribution < -0.4 is 5.73 Å². The van der Waals surface area contributed by atoms with Gasteiger partial charge in [-0.1, -0.05) is 0 Å². The van der Waals surface area contributed by atoms with Gasteiger partial charge in [0.15, 0.2) is 6.29 Å². The second-order valence-electron chi connectivity index (χ2n) is 4.88. The highest BCUT2D eigenvalue weighted by Gasteiger charge is 2.38. The first kappa shape index (κ1) is 14.9. The van der Waals surface area contributed by atoms with E-state index in [0.29, 0.717) is 12.6 Å². The monoisotopic (exact) mass is 246 g/mol. The van der Waals surface area contributed by atoms with Gasteiger partial charge in [-0.05, 0) is 26.8 Å². The second kappa shape index (κ2) is 6.66. The summed E-state index contributed by atoms with van der Waals surface area (Å²) in [5, 5.41) is 0. The van der Waals surface area contributed by atoms with Crippen LogP contribution in [0.2, 0.25) is 0 Å². The highest BCUT2D eigenvalue weighted by molar-refractivity contribution is 4.90. The lowest BCUT2D eigenvalue weighted by atomic mass is 9.98. The fraction of sp³-hybridized carbons (Fsp3) is 1.00. The summed E-state index contributed by atoms with van der Waals surface area (Å²) >= 11 is 0. The Kier molecular flexibility index (Phi) is 5.82. The van der Waals surface area contributed by atoms with E-state index in [1.54, 1.807) is 14.2 Å². The lowest BCUT2D eigenvalue weighted by molar-refractivity contribution is -0.180. The Labute approximate surface area is 104 Å². The van der Waals surface area contributed by atoms with E-state index in [1.807, 2.05) is 7.05 Å². The summed E-state index contributed by atoms with van der Waals surface area (Å²) in [6.07, 6.45) is 2.24. The fourth-order valence-electron chi connectivity index (χ4n) is 2.34. The maximum absolute atomic E-state index is 5.89. The molecule has 1 aliphatic heterocycles. The molecule has 102 valence electrons. The van der Waals surface area contributed by atoms with Crippen molar-refractivity contribution in [1.82, 2.24) is 4.90 Å². The Balaban J connectivity index is 2.62. The maximum Gasteiger partial charge on any atom is 0.176 e. The van der Waals surface area contributed by atoms with Crippen LogP contribution in [0, 0.1) is 0 Å². The Bertz CT molecular complexity index is 218. The normalized spacial score (nSPS) is 24.5. The van der Waals surface area contributed by atoms with E-state index in [-0.39, 0.29) is 11.8 Å². The first-order valence-electron chi connectivity index (χ1n) is 6.17. The molecule has 0 aromatic carbocycles.